The molecule has 3 aromatic rings. The summed E-state index contributed by atoms with van der Waals surface area (Å²) in [4.78, 5) is 12.4. The molecular formula is C24H25ClN2O4S. The van der Waals surface area contributed by atoms with Crippen molar-refractivity contribution < 1.29 is 17.9 Å². The molecule has 0 unspecified atom stereocenters. The molecule has 6 nitrogen and oxygen atoms in total. The molecular weight excluding hydrogens is 448 g/mol. The maximum Gasteiger partial charge on any atom is 0.251 e. The van der Waals surface area contributed by atoms with Gasteiger partial charge in [0.2, 0.25) is 10.0 Å². The number of sulfonamides is 1. The van der Waals surface area contributed by atoms with E-state index in [0.29, 0.717) is 41.6 Å². The molecule has 0 bridgehead atoms. The van der Waals surface area contributed by atoms with Crippen LogP contribution in [0.4, 0.5) is 5.69 Å². The second-order valence-electron chi connectivity index (χ2n) is 7.20. The van der Waals surface area contributed by atoms with E-state index >= 15 is 0 Å². The molecule has 0 saturated heterocycles. The normalized spacial score (nSPS) is 11.2. The number of benzene rings is 3. The van der Waals surface area contributed by atoms with E-state index in [1.165, 1.54) is 4.31 Å². The third-order valence-electron chi connectivity index (χ3n) is 4.73. The van der Waals surface area contributed by atoms with Gasteiger partial charge in [0.25, 0.3) is 5.91 Å². The number of ether oxygens (including phenoxy) is 1. The highest BCUT2D eigenvalue weighted by Gasteiger charge is 2.19. The first kappa shape index (κ1) is 23.8. The highest BCUT2D eigenvalue weighted by Crippen LogP contribution is 2.24. The van der Waals surface area contributed by atoms with Gasteiger partial charge < -0.3 is 10.1 Å². The van der Waals surface area contributed by atoms with Gasteiger partial charge in [0.05, 0.1) is 31.7 Å². The number of hydrogen-bond donors (Lipinski definition) is 1. The van der Waals surface area contributed by atoms with E-state index in [1.54, 1.807) is 48.5 Å². The Morgan fingerprint density at radius 1 is 0.969 bits per heavy atom. The quantitative estimate of drug-likeness (QED) is 0.447. The molecule has 0 aliphatic carbocycles. The lowest BCUT2D eigenvalue weighted by atomic mass is 10.1. The van der Waals surface area contributed by atoms with Crippen LogP contribution < -0.4 is 9.62 Å². The fourth-order valence-corrected chi connectivity index (χ4v) is 4.14. The van der Waals surface area contributed by atoms with E-state index in [9.17, 15) is 13.2 Å². The first-order chi connectivity index (χ1) is 15.3. The molecule has 0 atom stereocenters. The van der Waals surface area contributed by atoms with Gasteiger partial charge >= 0.3 is 0 Å². The third-order valence-corrected chi connectivity index (χ3v) is 6.24. The molecule has 8 heteroatoms. The standard InChI is InChI=1S/C24H25ClN2O4S/c1-32(29,30)27(17-21-9-5-6-10-23(21)25)22-13-11-20(12-14-22)24(28)26-15-16-31-18-19-7-3-2-4-8-19/h2-14H,15-18H2,1H3,(H,26,28). The van der Waals surface area contributed by atoms with Crippen LogP contribution in [0, 0.1) is 0 Å². The van der Waals surface area contributed by atoms with Crippen LogP contribution >= 0.6 is 11.6 Å². The van der Waals surface area contributed by atoms with Crippen molar-refractivity contribution in [2.45, 2.75) is 13.2 Å². The summed E-state index contributed by atoms with van der Waals surface area (Å²) in [5.41, 5.74) is 2.65. The topological polar surface area (TPSA) is 75.7 Å². The highest BCUT2D eigenvalue weighted by atomic mass is 35.5. The van der Waals surface area contributed by atoms with Gasteiger partial charge in [0.15, 0.2) is 0 Å². The molecule has 0 radical (unpaired) electrons. The number of halogens is 1. The van der Waals surface area contributed by atoms with Crippen LogP contribution in [-0.2, 0) is 27.9 Å². The Bertz CT molecular complexity index is 1140. The molecule has 0 saturated carbocycles. The highest BCUT2D eigenvalue weighted by molar-refractivity contribution is 7.92. The molecule has 3 aromatic carbocycles. The molecule has 0 aliphatic rings. The van der Waals surface area contributed by atoms with E-state index in [1.807, 2.05) is 30.3 Å². The van der Waals surface area contributed by atoms with E-state index in [2.05, 4.69) is 5.32 Å². The smallest absolute Gasteiger partial charge is 0.251 e. The van der Waals surface area contributed by atoms with Crippen LogP contribution in [0.3, 0.4) is 0 Å². The van der Waals surface area contributed by atoms with Crippen LogP contribution in [0.2, 0.25) is 5.02 Å². The monoisotopic (exact) mass is 472 g/mol. The Morgan fingerprint density at radius 2 is 1.62 bits per heavy atom. The molecule has 1 amide bonds. The van der Waals surface area contributed by atoms with Crippen LogP contribution in [0.5, 0.6) is 0 Å². The van der Waals surface area contributed by atoms with Crippen molar-refractivity contribution in [2.24, 2.45) is 0 Å². The molecule has 0 aliphatic heterocycles. The van der Waals surface area contributed by atoms with Gasteiger partial charge in [-0.1, -0.05) is 60.1 Å². The van der Waals surface area contributed by atoms with E-state index in [0.717, 1.165) is 11.8 Å². The van der Waals surface area contributed by atoms with E-state index < -0.39 is 10.0 Å². The second kappa shape index (κ2) is 11.1. The zero-order valence-electron chi connectivity index (χ0n) is 17.7. The maximum atomic E-state index is 12.4. The maximum absolute atomic E-state index is 12.4. The average Bonchev–Trinajstić information content (AvgIpc) is 2.78. The minimum Gasteiger partial charge on any atom is -0.375 e. The zero-order chi connectivity index (χ0) is 23.0. The molecule has 1 N–H and O–H groups in total. The summed E-state index contributed by atoms with van der Waals surface area (Å²) in [5.74, 6) is -0.253. The average molecular weight is 473 g/mol. The van der Waals surface area contributed by atoms with Gasteiger partial charge in [-0.15, -0.1) is 0 Å². The van der Waals surface area contributed by atoms with Crippen molar-refractivity contribution in [3.63, 3.8) is 0 Å². The Hall–Kier alpha value is -2.87. The van der Waals surface area contributed by atoms with Gasteiger partial charge in [0.1, 0.15) is 0 Å². The van der Waals surface area contributed by atoms with E-state index in [-0.39, 0.29) is 12.5 Å². The number of nitrogens with one attached hydrogen (secondary N) is 1. The lowest BCUT2D eigenvalue weighted by molar-refractivity contribution is 0.0901. The molecule has 0 spiro atoms. The van der Waals surface area contributed by atoms with Crippen LogP contribution in [0.1, 0.15) is 21.5 Å². The zero-order valence-corrected chi connectivity index (χ0v) is 19.3. The number of amides is 1. The van der Waals surface area contributed by atoms with Crippen molar-refractivity contribution in [3.05, 3.63) is 101 Å². The predicted molar refractivity (Wildman–Crippen MR) is 127 cm³/mol. The van der Waals surface area contributed by atoms with Gasteiger partial charge in [-0.2, -0.15) is 0 Å². The Morgan fingerprint density at radius 3 is 2.28 bits per heavy atom. The fraction of sp³-hybridized carbons (Fsp3) is 0.208. The molecule has 0 heterocycles. The first-order valence-electron chi connectivity index (χ1n) is 10.1. The molecule has 0 aromatic heterocycles. The van der Waals surface area contributed by atoms with Gasteiger partial charge in [0, 0.05) is 17.1 Å². The molecule has 168 valence electrons. The summed E-state index contributed by atoms with van der Waals surface area (Å²) in [6, 6.07) is 23.3. The Kier molecular flexibility index (Phi) is 8.27. The SMILES string of the molecule is CS(=O)(=O)N(Cc1ccccc1Cl)c1ccc(C(=O)NCCOCc2ccccc2)cc1. The van der Waals surface area contributed by atoms with Gasteiger partial charge in [-0.3, -0.25) is 9.10 Å². The summed E-state index contributed by atoms with van der Waals surface area (Å²) >= 11 is 6.19. The summed E-state index contributed by atoms with van der Waals surface area (Å²) in [7, 11) is -3.55. The van der Waals surface area contributed by atoms with E-state index in [4.69, 9.17) is 16.3 Å². The Balaban J connectivity index is 1.57. The summed E-state index contributed by atoms with van der Waals surface area (Å²) in [6.07, 6.45) is 1.14. The summed E-state index contributed by atoms with van der Waals surface area (Å²) in [6.45, 7) is 1.34. The predicted octanol–water partition coefficient (Wildman–Crippen LogP) is 4.25. The number of carbonyl (C=O) groups is 1. The minimum atomic E-state index is -3.55. The molecule has 32 heavy (non-hydrogen) atoms. The van der Waals surface area contributed by atoms with Gasteiger partial charge in [-0.05, 0) is 41.5 Å². The minimum absolute atomic E-state index is 0.100. The van der Waals surface area contributed by atoms with Crippen molar-refractivity contribution in [2.75, 3.05) is 23.7 Å². The van der Waals surface area contributed by atoms with Crippen molar-refractivity contribution in [1.29, 1.82) is 0 Å². The van der Waals surface area contributed by atoms with Gasteiger partial charge in [-0.25, -0.2) is 8.42 Å². The lowest BCUT2D eigenvalue weighted by Crippen LogP contribution is -2.30. The number of carbonyl (C=O) groups excluding carboxylic acids is 1. The fourth-order valence-electron chi connectivity index (χ4n) is 3.06. The summed E-state index contributed by atoms with van der Waals surface area (Å²) < 4.78 is 31.5. The van der Waals surface area contributed by atoms with Crippen molar-refractivity contribution in [3.8, 4) is 0 Å². The lowest BCUT2D eigenvalue weighted by Gasteiger charge is -2.23. The number of hydrogen-bond acceptors (Lipinski definition) is 4. The first-order valence-corrected chi connectivity index (χ1v) is 12.3. The molecule has 0 fully saturated rings. The van der Waals surface area contributed by atoms with Crippen molar-refractivity contribution >= 4 is 33.2 Å². The molecule has 3 rings (SSSR count). The van der Waals surface area contributed by atoms with Crippen LogP contribution in [0.25, 0.3) is 0 Å². The van der Waals surface area contributed by atoms with Crippen LogP contribution in [0.15, 0.2) is 78.9 Å². The second-order valence-corrected chi connectivity index (χ2v) is 9.52. The number of nitrogens with zero attached hydrogens (tertiary/aromatic N) is 1. The number of anilines is 1. The summed E-state index contributed by atoms with van der Waals surface area (Å²) in [5, 5.41) is 3.29. The van der Waals surface area contributed by atoms with Crippen molar-refractivity contribution in [1.82, 2.24) is 5.32 Å². The Labute approximate surface area is 193 Å². The van der Waals surface area contributed by atoms with Crippen LogP contribution in [-0.4, -0.2) is 33.7 Å². The third kappa shape index (κ3) is 6.82. The number of rotatable bonds is 10. The largest absolute Gasteiger partial charge is 0.375 e.